The molecular formula is C11H18N2O3S. The van der Waals surface area contributed by atoms with Gasteiger partial charge in [-0.2, -0.15) is 5.10 Å². The molecule has 1 rings (SSSR count). The van der Waals surface area contributed by atoms with Gasteiger partial charge in [-0.15, -0.1) is 0 Å². The maximum absolute atomic E-state index is 12.0. The van der Waals surface area contributed by atoms with Crippen LogP contribution in [0.15, 0.2) is 6.07 Å². The molecule has 2 atom stereocenters. The van der Waals surface area contributed by atoms with Gasteiger partial charge >= 0.3 is 5.97 Å². The second-order valence-corrected chi connectivity index (χ2v) is 5.47. The average molecular weight is 258 g/mol. The van der Waals surface area contributed by atoms with E-state index in [9.17, 15) is 9.00 Å². The predicted octanol–water partition coefficient (Wildman–Crippen LogP) is 1.32. The van der Waals surface area contributed by atoms with Crippen LogP contribution in [0.2, 0.25) is 0 Å². The summed E-state index contributed by atoms with van der Waals surface area (Å²) < 4.78 is 13.7. The highest BCUT2D eigenvalue weighted by atomic mass is 32.2. The third kappa shape index (κ3) is 3.39. The van der Waals surface area contributed by atoms with E-state index in [1.807, 2.05) is 19.9 Å². The Labute approximate surface area is 103 Å². The average Bonchev–Trinajstić information content (AvgIpc) is 2.59. The minimum Gasteiger partial charge on any atom is -0.480 e. The third-order valence-electron chi connectivity index (χ3n) is 2.54. The van der Waals surface area contributed by atoms with Crippen LogP contribution >= 0.6 is 0 Å². The van der Waals surface area contributed by atoms with Crippen molar-refractivity contribution in [3.63, 3.8) is 0 Å². The van der Waals surface area contributed by atoms with Gasteiger partial charge in [0.25, 0.3) is 0 Å². The van der Waals surface area contributed by atoms with E-state index in [1.54, 1.807) is 11.6 Å². The molecule has 1 heterocycles. The van der Waals surface area contributed by atoms with Crippen LogP contribution in [-0.4, -0.2) is 30.3 Å². The number of nitrogens with zero attached hydrogens (tertiary/aromatic N) is 2. The summed E-state index contributed by atoms with van der Waals surface area (Å²) in [7, 11) is -1.40. The van der Waals surface area contributed by atoms with E-state index in [4.69, 9.17) is 5.11 Å². The van der Waals surface area contributed by atoms with Crippen LogP contribution in [0.5, 0.6) is 0 Å². The summed E-state index contributed by atoms with van der Waals surface area (Å²) in [5.41, 5.74) is 1.70. The zero-order valence-electron chi connectivity index (χ0n) is 10.3. The van der Waals surface area contributed by atoms with Gasteiger partial charge in [-0.3, -0.25) is 13.7 Å². The number of hydrogen-bond donors (Lipinski definition) is 1. The van der Waals surface area contributed by atoms with E-state index < -0.39 is 22.0 Å². The number of hydrogen-bond acceptors (Lipinski definition) is 3. The topological polar surface area (TPSA) is 72.2 Å². The molecule has 0 amide bonds. The molecule has 1 aromatic heterocycles. The van der Waals surface area contributed by atoms with Gasteiger partial charge in [0.2, 0.25) is 0 Å². The maximum Gasteiger partial charge on any atom is 0.319 e. The molecule has 96 valence electrons. The molecule has 0 bridgehead atoms. The Morgan fingerprint density at radius 1 is 1.59 bits per heavy atom. The van der Waals surface area contributed by atoms with Crippen molar-refractivity contribution in [3.8, 4) is 0 Å². The van der Waals surface area contributed by atoms with Gasteiger partial charge in [0.15, 0.2) is 0 Å². The molecule has 17 heavy (non-hydrogen) atoms. The molecular weight excluding hydrogens is 240 g/mol. The van der Waals surface area contributed by atoms with Crippen molar-refractivity contribution in [2.45, 2.75) is 44.7 Å². The Morgan fingerprint density at radius 3 is 2.71 bits per heavy atom. The van der Waals surface area contributed by atoms with Crippen molar-refractivity contribution in [1.82, 2.24) is 9.78 Å². The summed E-state index contributed by atoms with van der Waals surface area (Å²) >= 11 is 0. The van der Waals surface area contributed by atoms with E-state index >= 15 is 0 Å². The Bertz CT molecular complexity index is 428. The molecule has 0 aromatic carbocycles. The molecule has 0 saturated carbocycles. The molecule has 0 radical (unpaired) electrons. The van der Waals surface area contributed by atoms with Gasteiger partial charge in [0, 0.05) is 17.3 Å². The summed E-state index contributed by atoms with van der Waals surface area (Å²) in [6.07, 6.45) is 0.376. The molecule has 1 N–H and O–H groups in total. The third-order valence-corrected chi connectivity index (χ3v) is 4.29. The van der Waals surface area contributed by atoms with E-state index in [-0.39, 0.29) is 5.75 Å². The van der Waals surface area contributed by atoms with Crippen LogP contribution in [-0.2, 0) is 27.9 Å². The van der Waals surface area contributed by atoms with E-state index in [0.29, 0.717) is 13.0 Å². The minimum absolute atomic E-state index is 0.249. The number of rotatable bonds is 6. The first-order valence-electron chi connectivity index (χ1n) is 5.62. The SMILES string of the molecule is CCC(C(=O)O)S(=O)Cc1cc(C)nn1CC. The lowest BCUT2D eigenvalue weighted by molar-refractivity contribution is -0.136. The second kappa shape index (κ2) is 5.95. The van der Waals surface area contributed by atoms with Crippen molar-refractivity contribution in [2.24, 2.45) is 0 Å². The summed E-state index contributed by atoms with van der Waals surface area (Å²) in [5.74, 6) is -0.746. The Balaban J connectivity index is 2.83. The largest absolute Gasteiger partial charge is 0.480 e. The molecule has 0 fully saturated rings. The smallest absolute Gasteiger partial charge is 0.319 e. The Hall–Kier alpha value is -1.17. The Morgan fingerprint density at radius 2 is 2.24 bits per heavy atom. The van der Waals surface area contributed by atoms with Crippen LogP contribution in [0, 0.1) is 6.92 Å². The van der Waals surface area contributed by atoms with Crippen LogP contribution in [0.4, 0.5) is 0 Å². The highest BCUT2D eigenvalue weighted by Gasteiger charge is 2.23. The molecule has 6 heteroatoms. The van der Waals surface area contributed by atoms with Gasteiger partial charge in [-0.25, -0.2) is 0 Å². The maximum atomic E-state index is 12.0. The number of carbonyl (C=O) groups is 1. The first-order chi connectivity index (χ1) is 7.99. The summed E-state index contributed by atoms with van der Waals surface area (Å²) in [4.78, 5) is 10.9. The molecule has 0 spiro atoms. The van der Waals surface area contributed by atoms with Crippen molar-refractivity contribution in [3.05, 3.63) is 17.5 Å². The van der Waals surface area contributed by atoms with Crippen molar-refractivity contribution in [2.75, 3.05) is 0 Å². The highest BCUT2D eigenvalue weighted by molar-refractivity contribution is 7.85. The van der Waals surface area contributed by atoms with E-state index in [2.05, 4.69) is 5.10 Å². The number of aromatic nitrogens is 2. The fourth-order valence-electron chi connectivity index (χ4n) is 1.71. The summed E-state index contributed by atoms with van der Waals surface area (Å²) in [6.45, 7) is 6.25. The molecule has 1 aromatic rings. The van der Waals surface area contributed by atoms with Crippen molar-refractivity contribution < 1.29 is 14.1 Å². The molecule has 0 aliphatic heterocycles. The fraction of sp³-hybridized carbons (Fsp3) is 0.636. The lowest BCUT2D eigenvalue weighted by atomic mass is 10.3. The summed E-state index contributed by atoms with van der Waals surface area (Å²) in [6, 6.07) is 1.86. The predicted molar refractivity (Wildman–Crippen MR) is 66.2 cm³/mol. The minimum atomic E-state index is -1.40. The number of aryl methyl sites for hydroxylation is 2. The zero-order chi connectivity index (χ0) is 13.0. The Kier molecular flexibility index (Phi) is 4.86. The molecule has 0 aliphatic rings. The number of carboxylic acid groups (broad SMARTS) is 1. The quantitative estimate of drug-likeness (QED) is 0.835. The number of aliphatic carboxylic acids is 1. The van der Waals surface area contributed by atoms with Crippen LogP contribution in [0.25, 0.3) is 0 Å². The molecule has 5 nitrogen and oxygen atoms in total. The second-order valence-electron chi connectivity index (χ2n) is 3.85. The van der Waals surface area contributed by atoms with Gasteiger partial charge in [-0.1, -0.05) is 6.92 Å². The number of carboxylic acids is 1. The lowest BCUT2D eigenvalue weighted by Crippen LogP contribution is -2.26. The van der Waals surface area contributed by atoms with Gasteiger partial charge in [0.1, 0.15) is 5.25 Å². The zero-order valence-corrected chi connectivity index (χ0v) is 11.2. The lowest BCUT2D eigenvalue weighted by Gasteiger charge is -2.10. The van der Waals surface area contributed by atoms with Crippen molar-refractivity contribution >= 4 is 16.8 Å². The fourth-order valence-corrected chi connectivity index (χ4v) is 3.03. The van der Waals surface area contributed by atoms with Crippen LogP contribution in [0.1, 0.15) is 31.7 Å². The van der Waals surface area contributed by atoms with E-state index in [0.717, 1.165) is 11.4 Å². The molecule has 2 unspecified atom stereocenters. The first kappa shape index (κ1) is 13.9. The van der Waals surface area contributed by atoms with Crippen molar-refractivity contribution in [1.29, 1.82) is 0 Å². The molecule has 0 saturated heterocycles. The van der Waals surface area contributed by atoms with Gasteiger partial charge in [-0.05, 0) is 26.3 Å². The van der Waals surface area contributed by atoms with Crippen LogP contribution < -0.4 is 0 Å². The van der Waals surface area contributed by atoms with Crippen LogP contribution in [0.3, 0.4) is 0 Å². The first-order valence-corrected chi connectivity index (χ1v) is 7.01. The standard InChI is InChI=1S/C11H18N2O3S/c1-4-10(11(14)15)17(16)7-9-6-8(3)12-13(9)5-2/h6,10H,4-5,7H2,1-3H3,(H,14,15). The highest BCUT2D eigenvalue weighted by Crippen LogP contribution is 2.12. The van der Waals surface area contributed by atoms with Gasteiger partial charge in [0.05, 0.1) is 17.1 Å². The van der Waals surface area contributed by atoms with Gasteiger partial charge < -0.3 is 5.11 Å². The normalized spacial score (nSPS) is 14.5. The monoisotopic (exact) mass is 258 g/mol. The molecule has 0 aliphatic carbocycles. The van der Waals surface area contributed by atoms with E-state index in [1.165, 1.54) is 0 Å². The summed E-state index contributed by atoms with van der Waals surface area (Å²) in [5, 5.41) is 12.4.